The van der Waals surface area contributed by atoms with Crippen LogP contribution in [0.15, 0.2) is 23.1 Å². The number of alkyl halides is 3. The van der Waals surface area contributed by atoms with E-state index in [-0.39, 0.29) is 18.9 Å². The van der Waals surface area contributed by atoms with Crippen LogP contribution in [0.3, 0.4) is 0 Å². The maximum atomic E-state index is 12.3. The number of thioether (sulfide) groups is 1. The fourth-order valence-corrected chi connectivity index (χ4v) is 2.18. The van der Waals surface area contributed by atoms with Crippen LogP contribution in [-0.4, -0.2) is 31.6 Å². The van der Waals surface area contributed by atoms with E-state index < -0.39 is 11.9 Å². The third-order valence-electron chi connectivity index (χ3n) is 2.33. The van der Waals surface area contributed by atoms with Crippen molar-refractivity contribution < 1.29 is 22.7 Å². The van der Waals surface area contributed by atoms with Crippen molar-refractivity contribution in [3.05, 3.63) is 23.8 Å². The number of carbonyl (C=O) groups excluding carboxylic acids is 1. The lowest BCUT2D eigenvalue weighted by atomic mass is 10.2. The first-order valence-electron chi connectivity index (χ1n) is 5.91. The summed E-state index contributed by atoms with van der Waals surface area (Å²) in [6.45, 7) is 2.08. The number of methoxy groups -OCH3 is 1. The van der Waals surface area contributed by atoms with Gasteiger partial charge in [0.2, 0.25) is 5.91 Å². The monoisotopic (exact) mass is 307 g/mol. The average molecular weight is 307 g/mol. The molecular weight excluding hydrogens is 291 g/mol. The maximum Gasteiger partial charge on any atom is 0.398 e. The first-order valence-corrected chi connectivity index (χ1v) is 6.89. The third kappa shape index (κ3) is 6.29. The Balaban J connectivity index is 2.77. The van der Waals surface area contributed by atoms with Gasteiger partial charge < -0.3 is 10.1 Å². The number of nitrogens with one attached hydrogen (secondary N) is 1. The predicted octanol–water partition coefficient (Wildman–Crippen LogP) is 3.62. The molecular formula is C13H16F3NO2S. The highest BCUT2D eigenvalue weighted by Crippen LogP contribution is 2.32. The second kappa shape index (κ2) is 7.54. The highest BCUT2D eigenvalue weighted by molar-refractivity contribution is 7.99. The van der Waals surface area contributed by atoms with Crippen molar-refractivity contribution in [3.8, 4) is 0 Å². The Kier molecular flexibility index (Phi) is 6.35. The van der Waals surface area contributed by atoms with Crippen molar-refractivity contribution >= 4 is 23.4 Å². The van der Waals surface area contributed by atoms with E-state index in [0.29, 0.717) is 22.3 Å². The fourth-order valence-electron chi connectivity index (χ4n) is 1.43. The zero-order valence-corrected chi connectivity index (χ0v) is 12.0. The van der Waals surface area contributed by atoms with Crippen molar-refractivity contribution in [2.45, 2.75) is 24.4 Å². The molecule has 0 bridgehead atoms. The van der Waals surface area contributed by atoms with E-state index in [4.69, 9.17) is 4.74 Å². The number of ether oxygens (including phenoxy) is 1. The van der Waals surface area contributed by atoms with Gasteiger partial charge in [0.25, 0.3) is 0 Å². The number of hydrogen-bond acceptors (Lipinski definition) is 3. The SMILES string of the molecule is COCCC(=O)Nc1cc(C)ccc1SCC(F)(F)F. The second-order valence-corrected chi connectivity index (χ2v) is 5.21. The topological polar surface area (TPSA) is 38.3 Å². The number of carbonyl (C=O) groups is 1. The molecule has 1 amide bonds. The molecule has 0 aromatic heterocycles. The summed E-state index contributed by atoms with van der Waals surface area (Å²) in [4.78, 5) is 12.0. The van der Waals surface area contributed by atoms with Crippen molar-refractivity contribution in [2.75, 3.05) is 24.8 Å². The van der Waals surface area contributed by atoms with Crippen LogP contribution in [0, 0.1) is 6.92 Å². The molecule has 0 heterocycles. The lowest BCUT2D eigenvalue weighted by molar-refractivity contribution is -0.117. The molecule has 112 valence electrons. The zero-order chi connectivity index (χ0) is 15.2. The van der Waals surface area contributed by atoms with Crippen LogP contribution in [0.2, 0.25) is 0 Å². The Morgan fingerprint density at radius 3 is 2.70 bits per heavy atom. The molecule has 20 heavy (non-hydrogen) atoms. The molecule has 1 aromatic carbocycles. The van der Waals surface area contributed by atoms with Gasteiger partial charge in [0, 0.05) is 12.0 Å². The van der Waals surface area contributed by atoms with Gasteiger partial charge in [-0.3, -0.25) is 4.79 Å². The molecule has 7 heteroatoms. The van der Waals surface area contributed by atoms with Crippen molar-refractivity contribution in [1.82, 2.24) is 0 Å². The number of rotatable bonds is 6. The molecule has 0 spiro atoms. The van der Waals surface area contributed by atoms with Crippen molar-refractivity contribution in [3.63, 3.8) is 0 Å². The molecule has 3 nitrogen and oxygen atoms in total. The van der Waals surface area contributed by atoms with Gasteiger partial charge in [0.05, 0.1) is 24.5 Å². The van der Waals surface area contributed by atoms with Crippen molar-refractivity contribution in [1.29, 1.82) is 0 Å². The summed E-state index contributed by atoms with van der Waals surface area (Å²) in [5.74, 6) is -1.27. The molecule has 0 aliphatic carbocycles. The molecule has 0 saturated heterocycles. The van der Waals surface area contributed by atoms with E-state index in [1.165, 1.54) is 7.11 Å². The molecule has 0 aliphatic heterocycles. The summed E-state index contributed by atoms with van der Waals surface area (Å²) in [5.41, 5.74) is 1.27. The molecule has 0 radical (unpaired) electrons. The van der Waals surface area contributed by atoms with E-state index in [9.17, 15) is 18.0 Å². The summed E-state index contributed by atoms with van der Waals surface area (Å²) >= 11 is 0.658. The normalized spacial score (nSPS) is 11.4. The number of halogens is 3. The minimum atomic E-state index is -4.24. The maximum absolute atomic E-state index is 12.3. The van der Waals surface area contributed by atoms with Crippen LogP contribution in [-0.2, 0) is 9.53 Å². The first kappa shape index (κ1) is 16.8. The Morgan fingerprint density at radius 1 is 1.40 bits per heavy atom. The van der Waals surface area contributed by atoms with E-state index in [2.05, 4.69) is 5.32 Å². The highest BCUT2D eigenvalue weighted by atomic mass is 32.2. The van der Waals surface area contributed by atoms with Crippen LogP contribution < -0.4 is 5.32 Å². The number of hydrogen-bond donors (Lipinski definition) is 1. The molecule has 0 unspecified atom stereocenters. The second-order valence-electron chi connectivity index (χ2n) is 4.19. The molecule has 1 rings (SSSR count). The van der Waals surface area contributed by atoms with Crippen LogP contribution in [0.5, 0.6) is 0 Å². The third-order valence-corrected chi connectivity index (χ3v) is 3.47. The number of aryl methyl sites for hydroxylation is 1. The number of benzene rings is 1. The summed E-state index contributed by atoms with van der Waals surface area (Å²) < 4.78 is 41.6. The zero-order valence-electron chi connectivity index (χ0n) is 11.2. The van der Waals surface area contributed by atoms with Gasteiger partial charge in [-0.1, -0.05) is 6.07 Å². The van der Waals surface area contributed by atoms with Crippen LogP contribution in [0.1, 0.15) is 12.0 Å². The highest BCUT2D eigenvalue weighted by Gasteiger charge is 2.27. The van der Waals surface area contributed by atoms with E-state index in [0.717, 1.165) is 5.56 Å². The average Bonchev–Trinajstić information content (AvgIpc) is 2.34. The Bertz CT molecular complexity index is 463. The first-order chi connectivity index (χ1) is 9.31. The molecule has 1 N–H and O–H groups in total. The predicted molar refractivity (Wildman–Crippen MR) is 73.1 cm³/mol. The van der Waals surface area contributed by atoms with Gasteiger partial charge in [0.1, 0.15) is 0 Å². The van der Waals surface area contributed by atoms with E-state index in [1.54, 1.807) is 18.2 Å². The Morgan fingerprint density at radius 2 is 2.10 bits per heavy atom. The fraction of sp³-hybridized carbons (Fsp3) is 0.462. The molecule has 1 aromatic rings. The summed E-state index contributed by atoms with van der Waals surface area (Å²) in [6, 6.07) is 4.95. The Hall–Kier alpha value is -1.21. The van der Waals surface area contributed by atoms with E-state index in [1.807, 2.05) is 6.92 Å². The minimum Gasteiger partial charge on any atom is -0.384 e. The van der Waals surface area contributed by atoms with Crippen LogP contribution in [0.4, 0.5) is 18.9 Å². The van der Waals surface area contributed by atoms with E-state index >= 15 is 0 Å². The smallest absolute Gasteiger partial charge is 0.384 e. The van der Waals surface area contributed by atoms with Gasteiger partial charge in [-0.05, 0) is 24.6 Å². The quantitative estimate of drug-likeness (QED) is 0.816. The molecule has 0 aliphatic rings. The van der Waals surface area contributed by atoms with Gasteiger partial charge in [-0.25, -0.2) is 0 Å². The Labute approximate surface area is 119 Å². The lowest BCUT2D eigenvalue weighted by Crippen LogP contribution is -2.15. The van der Waals surface area contributed by atoms with Gasteiger partial charge in [-0.15, -0.1) is 11.8 Å². The molecule has 0 fully saturated rings. The standard InChI is InChI=1S/C13H16F3NO2S/c1-9-3-4-11(20-8-13(14,15)16)10(7-9)17-12(18)5-6-19-2/h3-4,7H,5-6,8H2,1-2H3,(H,17,18). The summed E-state index contributed by atoms with van der Waals surface area (Å²) in [5, 5.41) is 2.62. The van der Waals surface area contributed by atoms with Crippen LogP contribution in [0.25, 0.3) is 0 Å². The largest absolute Gasteiger partial charge is 0.398 e. The summed E-state index contributed by atoms with van der Waals surface area (Å²) in [6.07, 6.45) is -4.08. The summed E-state index contributed by atoms with van der Waals surface area (Å²) in [7, 11) is 1.48. The lowest BCUT2D eigenvalue weighted by Gasteiger charge is -2.13. The van der Waals surface area contributed by atoms with Gasteiger partial charge >= 0.3 is 6.18 Å². The number of amides is 1. The molecule has 0 saturated carbocycles. The van der Waals surface area contributed by atoms with Crippen LogP contribution >= 0.6 is 11.8 Å². The molecule has 0 atom stereocenters. The minimum absolute atomic E-state index is 0.161. The van der Waals surface area contributed by atoms with Crippen molar-refractivity contribution in [2.24, 2.45) is 0 Å². The number of anilines is 1. The van der Waals surface area contributed by atoms with Gasteiger partial charge in [-0.2, -0.15) is 13.2 Å². The van der Waals surface area contributed by atoms with Gasteiger partial charge in [0.15, 0.2) is 0 Å².